The van der Waals surface area contributed by atoms with E-state index in [2.05, 4.69) is 178 Å². The van der Waals surface area contributed by atoms with Gasteiger partial charge in [-0.05, 0) is 123 Å². The lowest BCUT2D eigenvalue weighted by atomic mass is 9.78. The summed E-state index contributed by atoms with van der Waals surface area (Å²) in [4.78, 5) is 0. The zero-order chi connectivity index (χ0) is 35.7. The van der Waals surface area contributed by atoms with Crippen LogP contribution in [0, 0.1) is 0 Å². The minimum Gasteiger partial charge on any atom is -0.456 e. The lowest BCUT2D eigenvalue weighted by Crippen LogP contribution is -2.15. The van der Waals surface area contributed by atoms with Gasteiger partial charge in [-0.1, -0.05) is 159 Å². The van der Waals surface area contributed by atoms with Crippen molar-refractivity contribution in [3.8, 4) is 33.4 Å². The molecule has 10 aromatic carbocycles. The van der Waals surface area contributed by atoms with Gasteiger partial charge in [0.2, 0.25) is 0 Å². The lowest BCUT2D eigenvalue weighted by molar-refractivity contribution is 0.667. The van der Waals surface area contributed by atoms with Crippen LogP contribution in [0.25, 0.3) is 109 Å². The summed E-state index contributed by atoms with van der Waals surface area (Å²) in [7, 11) is 0. The molecule has 0 spiro atoms. The molecular weight excluding hydrogens is 653 g/mol. The maximum absolute atomic E-state index is 6.24. The van der Waals surface area contributed by atoms with Crippen molar-refractivity contribution in [3.63, 3.8) is 0 Å². The van der Waals surface area contributed by atoms with E-state index >= 15 is 0 Å². The molecule has 1 aromatic heterocycles. The topological polar surface area (TPSA) is 13.1 Å². The van der Waals surface area contributed by atoms with E-state index in [1.165, 1.54) is 98.4 Å². The van der Waals surface area contributed by atoms with Crippen molar-refractivity contribution in [3.05, 3.63) is 181 Å². The van der Waals surface area contributed by atoms with Crippen LogP contribution in [0.1, 0.15) is 25.0 Å². The highest BCUT2D eigenvalue weighted by Crippen LogP contribution is 2.57. The Balaban J connectivity index is 1.16. The number of benzene rings is 10. The highest BCUT2D eigenvalue weighted by Gasteiger charge is 2.39. The minimum atomic E-state index is -0.152. The Morgan fingerprint density at radius 3 is 1.50 bits per heavy atom. The molecule has 1 aliphatic rings. The van der Waals surface area contributed by atoms with Crippen LogP contribution < -0.4 is 0 Å². The molecule has 0 atom stereocenters. The van der Waals surface area contributed by atoms with Crippen LogP contribution in [0.2, 0.25) is 0 Å². The van der Waals surface area contributed by atoms with E-state index in [4.69, 9.17) is 4.42 Å². The zero-order valence-corrected chi connectivity index (χ0v) is 30.1. The summed E-state index contributed by atoms with van der Waals surface area (Å²) >= 11 is 0. The fourth-order valence-corrected chi connectivity index (χ4v) is 10.1. The molecule has 252 valence electrons. The quantitative estimate of drug-likeness (QED) is 0.130. The first-order valence-corrected chi connectivity index (χ1v) is 18.9. The lowest BCUT2D eigenvalue weighted by Gasteiger charge is -2.24. The summed E-state index contributed by atoms with van der Waals surface area (Å²) in [6, 6.07) is 62.9. The molecule has 0 fully saturated rings. The molecule has 11 aromatic rings. The molecule has 0 bridgehead atoms. The van der Waals surface area contributed by atoms with Crippen molar-refractivity contribution in [2.45, 2.75) is 19.3 Å². The number of hydrogen-bond acceptors (Lipinski definition) is 1. The second kappa shape index (κ2) is 10.7. The molecule has 1 nitrogen and oxygen atoms in total. The first kappa shape index (κ1) is 29.8. The Hall–Kier alpha value is -6.70. The number of para-hydroxylation sites is 1. The molecule has 0 saturated carbocycles. The molecule has 0 aliphatic heterocycles. The molecule has 0 amide bonds. The van der Waals surface area contributed by atoms with E-state index in [0.717, 1.165) is 21.9 Å². The smallest absolute Gasteiger partial charge is 0.135 e. The Morgan fingerprint density at radius 2 is 0.833 bits per heavy atom. The van der Waals surface area contributed by atoms with E-state index in [0.29, 0.717) is 0 Å². The van der Waals surface area contributed by atoms with Crippen LogP contribution in [0.5, 0.6) is 0 Å². The van der Waals surface area contributed by atoms with Crippen molar-refractivity contribution >= 4 is 75.8 Å². The molecule has 0 N–H and O–H groups in total. The molecule has 1 heteroatoms. The largest absolute Gasteiger partial charge is 0.456 e. The predicted octanol–water partition coefficient (Wildman–Crippen LogP) is 15.0. The number of fused-ring (bicyclic) bond motifs is 15. The Bertz CT molecular complexity index is 3350. The molecule has 1 heterocycles. The van der Waals surface area contributed by atoms with Crippen molar-refractivity contribution in [2.75, 3.05) is 0 Å². The van der Waals surface area contributed by atoms with Gasteiger partial charge >= 0.3 is 0 Å². The fourth-order valence-electron chi connectivity index (χ4n) is 10.1. The SMILES string of the molecule is CC1(C)c2ccc3ccccc3c2-c2c1c1ccc(-c3c4ccccc4c(-c4ccc5oc6ccccc6c5c4)c4ccccc34)cc1c1ccccc21. The average molecular weight is 687 g/mol. The normalized spacial score (nSPS) is 13.5. The standard InChI is InChI=1S/C53H34O/c1-53(2)45-27-24-31-13-3-4-14-34(31)50(45)51-37-17-6-5-15-35(37)43-29-32(23-26-42(43)52(51)53)48-38-18-7-9-20-40(38)49(41-21-10-8-19-39(41)48)33-25-28-47-44(30-33)36-16-11-12-22-46(36)54-47/h3-30H,1-2H3. The Labute approximate surface area is 312 Å². The van der Waals surface area contributed by atoms with Gasteiger partial charge in [-0.25, -0.2) is 0 Å². The van der Waals surface area contributed by atoms with Crippen LogP contribution in [0.4, 0.5) is 0 Å². The van der Waals surface area contributed by atoms with Gasteiger partial charge < -0.3 is 4.42 Å². The number of hydrogen-bond donors (Lipinski definition) is 0. The van der Waals surface area contributed by atoms with E-state index in [-0.39, 0.29) is 5.41 Å². The molecule has 1 aliphatic carbocycles. The van der Waals surface area contributed by atoms with Crippen LogP contribution in [0.3, 0.4) is 0 Å². The highest BCUT2D eigenvalue weighted by atomic mass is 16.3. The van der Waals surface area contributed by atoms with Gasteiger partial charge in [0.1, 0.15) is 11.2 Å². The number of furan rings is 1. The van der Waals surface area contributed by atoms with Crippen LogP contribution in [-0.4, -0.2) is 0 Å². The van der Waals surface area contributed by atoms with Gasteiger partial charge in [-0.3, -0.25) is 0 Å². The second-order valence-electron chi connectivity index (χ2n) is 15.5. The molecule has 0 radical (unpaired) electrons. The summed E-state index contributed by atoms with van der Waals surface area (Å²) < 4.78 is 6.24. The molecule has 0 unspecified atom stereocenters. The summed E-state index contributed by atoms with van der Waals surface area (Å²) in [5, 5.41) is 15.2. The Morgan fingerprint density at radius 1 is 0.333 bits per heavy atom. The van der Waals surface area contributed by atoms with Gasteiger partial charge in [-0.2, -0.15) is 0 Å². The van der Waals surface area contributed by atoms with Gasteiger partial charge in [0.25, 0.3) is 0 Å². The third kappa shape index (κ3) is 3.88. The van der Waals surface area contributed by atoms with Crippen molar-refractivity contribution < 1.29 is 4.42 Å². The Kier molecular flexibility index (Phi) is 5.90. The first-order chi connectivity index (χ1) is 26.6. The van der Waals surface area contributed by atoms with E-state index in [1.54, 1.807) is 0 Å². The maximum atomic E-state index is 6.24. The second-order valence-corrected chi connectivity index (χ2v) is 15.5. The van der Waals surface area contributed by atoms with Gasteiger partial charge in [-0.15, -0.1) is 0 Å². The molecule has 12 rings (SSSR count). The van der Waals surface area contributed by atoms with Gasteiger partial charge in [0.15, 0.2) is 0 Å². The van der Waals surface area contributed by atoms with E-state index in [9.17, 15) is 0 Å². The summed E-state index contributed by atoms with van der Waals surface area (Å²) in [5.41, 5.74) is 12.3. The number of rotatable bonds is 2. The van der Waals surface area contributed by atoms with E-state index < -0.39 is 0 Å². The van der Waals surface area contributed by atoms with Crippen LogP contribution in [-0.2, 0) is 5.41 Å². The van der Waals surface area contributed by atoms with Gasteiger partial charge in [0.05, 0.1) is 0 Å². The maximum Gasteiger partial charge on any atom is 0.135 e. The average Bonchev–Trinajstić information content (AvgIpc) is 3.71. The third-order valence-electron chi connectivity index (χ3n) is 12.4. The molecule has 0 saturated heterocycles. The molecular formula is C53H34O. The molecule has 54 heavy (non-hydrogen) atoms. The van der Waals surface area contributed by atoms with Crippen molar-refractivity contribution in [1.82, 2.24) is 0 Å². The monoisotopic (exact) mass is 686 g/mol. The van der Waals surface area contributed by atoms with Crippen molar-refractivity contribution in [2.24, 2.45) is 0 Å². The zero-order valence-electron chi connectivity index (χ0n) is 30.1. The summed E-state index contributed by atoms with van der Waals surface area (Å²) in [5.74, 6) is 0. The van der Waals surface area contributed by atoms with Crippen LogP contribution in [0.15, 0.2) is 174 Å². The summed E-state index contributed by atoms with van der Waals surface area (Å²) in [6.45, 7) is 4.83. The van der Waals surface area contributed by atoms with Crippen molar-refractivity contribution in [1.29, 1.82) is 0 Å². The minimum absolute atomic E-state index is 0.152. The first-order valence-electron chi connectivity index (χ1n) is 18.9. The third-order valence-corrected chi connectivity index (χ3v) is 12.4. The van der Waals surface area contributed by atoms with E-state index in [1.807, 2.05) is 6.07 Å². The van der Waals surface area contributed by atoms with Crippen LogP contribution >= 0.6 is 0 Å². The fraction of sp³-hybridized carbons (Fsp3) is 0.0566. The highest BCUT2D eigenvalue weighted by molar-refractivity contribution is 6.25. The predicted molar refractivity (Wildman–Crippen MR) is 230 cm³/mol. The summed E-state index contributed by atoms with van der Waals surface area (Å²) in [6.07, 6.45) is 0. The van der Waals surface area contributed by atoms with Gasteiger partial charge in [0, 0.05) is 16.2 Å².